The zero-order chi connectivity index (χ0) is 21.5. The quantitative estimate of drug-likeness (QED) is 0.252. The summed E-state index contributed by atoms with van der Waals surface area (Å²) < 4.78 is 5.26. The van der Waals surface area contributed by atoms with Crippen LogP contribution in [-0.4, -0.2) is 12.1 Å². The van der Waals surface area contributed by atoms with Gasteiger partial charge in [0.1, 0.15) is 5.60 Å². The molecule has 1 aromatic carbocycles. The number of rotatable bonds is 13. The highest BCUT2D eigenvalue weighted by Gasteiger charge is 2.44. The van der Waals surface area contributed by atoms with Crippen molar-refractivity contribution in [3.05, 3.63) is 33.9 Å². The molecule has 0 amide bonds. The van der Waals surface area contributed by atoms with Gasteiger partial charge in [-0.25, -0.2) is 0 Å². The summed E-state index contributed by atoms with van der Waals surface area (Å²) in [6, 6.07) is 2.42. The number of carbonyl (C=O) groups excluding carboxylic acids is 1. The third-order valence-electron chi connectivity index (χ3n) is 6.91. The molecular formula is C27H44O2. The van der Waals surface area contributed by atoms with Crippen LogP contribution in [0.5, 0.6) is 0 Å². The van der Waals surface area contributed by atoms with E-state index in [1.807, 2.05) is 0 Å². The Hall–Kier alpha value is -1.31. The van der Waals surface area contributed by atoms with Crippen molar-refractivity contribution < 1.29 is 9.53 Å². The molecule has 1 saturated carbocycles. The summed E-state index contributed by atoms with van der Waals surface area (Å²) in [6.45, 7) is 14.6. The fraction of sp³-hybridized carbons (Fsp3) is 0.741. The van der Waals surface area contributed by atoms with Crippen LogP contribution in [0.1, 0.15) is 113 Å². The van der Waals surface area contributed by atoms with Gasteiger partial charge in [-0.05, 0) is 112 Å². The molecule has 0 N–H and O–H groups in total. The van der Waals surface area contributed by atoms with Gasteiger partial charge in [-0.1, -0.05) is 46.1 Å². The lowest BCUT2D eigenvalue weighted by molar-refractivity contribution is -0.135. The minimum Gasteiger partial charge on any atom is -0.461 e. The summed E-state index contributed by atoms with van der Waals surface area (Å²) in [5, 5.41) is 0. The Kier molecular flexibility index (Phi) is 8.79. The molecule has 0 aliphatic heterocycles. The molecule has 1 aliphatic rings. The Morgan fingerprint density at radius 3 is 2.21 bits per heavy atom. The van der Waals surface area contributed by atoms with Crippen LogP contribution in [-0.2, 0) is 22.4 Å². The van der Waals surface area contributed by atoms with Crippen molar-refractivity contribution in [2.24, 2.45) is 5.41 Å². The standard InChI is InChI=1S/C27H44O2/c1-21-19-24(13-9-7-12-16-27(17-18-27)29-20-28)23(3)25(22(21)2)14-10-8-11-15-26(4,5)6/h19-20H,7-18H2,1-6H3. The van der Waals surface area contributed by atoms with Crippen molar-refractivity contribution in [3.63, 3.8) is 0 Å². The molecule has 0 bridgehead atoms. The first-order chi connectivity index (χ1) is 13.7. The highest BCUT2D eigenvalue weighted by atomic mass is 16.5. The second-order valence-electron chi connectivity index (χ2n) is 10.7. The van der Waals surface area contributed by atoms with Crippen LogP contribution in [0.3, 0.4) is 0 Å². The summed E-state index contributed by atoms with van der Waals surface area (Å²) >= 11 is 0. The van der Waals surface area contributed by atoms with Gasteiger partial charge in [0, 0.05) is 0 Å². The predicted octanol–water partition coefficient (Wildman–Crippen LogP) is 7.57. The number of hydrogen-bond acceptors (Lipinski definition) is 2. The van der Waals surface area contributed by atoms with Gasteiger partial charge in [0.05, 0.1) is 0 Å². The molecule has 2 rings (SSSR count). The first kappa shape index (κ1) is 24.0. The minimum absolute atomic E-state index is 0.0850. The summed E-state index contributed by atoms with van der Waals surface area (Å²) in [5.41, 5.74) is 8.01. The van der Waals surface area contributed by atoms with Crippen molar-refractivity contribution in [1.82, 2.24) is 0 Å². The minimum atomic E-state index is -0.0850. The van der Waals surface area contributed by atoms with Crippen molar-refractivity contribution in [3.8, 4) is 0 Å². The zero-order valence-electron chi connectivity index (χ0n) is 20.0. The maximum absolute atomic E-state index is 10.6. The first-order valence-corrected chi connectivity index (χ1v) is 11.9. The molecule has 2 heteroatoms. The lowest BCUT2D eigenvalue weighted by atomic mass is 9.87. The molecule has 0 saturated heterocycles. The van der Waals surface area contributed by atoms with E-state index in [4.69, 9.17) is 4.74 Å². The van der Waals surface area contributed by atoms with Gasteiger partial charge in [-0.15, -0.1) is 0 Å². The average Bonchev–Trinajstić information content (AvgIpc) is 3.40. The van der Waals surface area contributed by atoms with Gasteiger partial charge >= 0.3 is 0 Å². The van der Waals surface area contributed by atoms with E-state index in [1.165, 1.54) is 74.5 Å². The largest absolute Gasteiger partial charge is 0.461 e. The van der Waals surface area contributed by atoms with E-state index in [2.05, 4.69) is 47.6 Å². The van der Waals surface area contributed by atoms with E-state index < -0.39 is 0 Å². The van der Waals surface area contributed by atoms with Crippen LogP contribution in [0, 0.1) is 26.2 Å². The highest BCUT2D eigenvalue weighted by molar-refractivity contribution is 5.44. The molecule has 0 unspecified atom stereocenters. The Bertz CT molecular complexity index is 662. The van der Waals surface area contributed by atoms with E-state index in [-0.39, 0.29) is 5.60 Å². The third kappa shape index (κ3) is 7.79. The first-order valence-electron chi connectivity index (χ1n) is 11.9. The number of benzene rings is 1. The highest BCUT2D eigenvalue weighted by Crippen LogP contribution is 2.43. The maximum atomic E-state index is 10.6. The van der Waals surface area contributed by atoms with Gasteiger partial charge in [0.15, 0.2) is 0 Å². The molecule has 0 spiro atoms. The van der Waals surface area contributed by atoms with Gasteiger partial charge in [0.2, 0.25) is 0 Å². The SMILES string of the molecule is Cc1cc(CCCCCC2(OC=O)CC2)c(C)c(CCCCCC(C)(C)C)c1C. The summed E-state index contributed by atoms with van der Waals surface area (Å²) in [7, 11) is 0. The Labute approximate surface area is 179 Å². The van der Waals surface area contributed by atoms with Gasteiger partial charge in [0.25, 0.3) is 6.47 Å². The molecule has 2 nitrogen and oxygen atoms in total. The number of unbranched alkanes of at least 4 members (excludes halogenated alkanes) is 4. The average molecular weight is 401 g/mol. The van der Waals surface area contributed by atoms with Crippen molar-refractivity contribution >= 4 is 6.47 Å². The smallest absolute Gasteiger partial charge is 0.293 e. The molecule has 0 aromatic heterocycles. The number of aryl methyl sites for hydroxylation is 2. The fourth-order valence-corrected chi connectivity index (χ4v) is 4.57. The molecule has 164 valence electrons. The predicted molar refractivity (Wildman–Crippen MR) is 124 cm³/mol. The molecule has 29 heavy (non-hydrogen) atoms. The van der Waals surface area contributed by atoms with Gasteiger partial charge < -0.3 is 4.74 Å². The molecule has 0 radical (unpaired) electrons. The summed E-state index contributed by atoms with van der Waals surface area (Å²) in [6.07, 6.45) is 14.5. The monoisotopic (exact) mass is 400 g/mol. The molecule has 1 aliphatic carbocycles. The van der Waals surface area contributed by atoms with Gasteiger partial charge in [-0.2, -0.15) is 0 Å². The zero-order valence-corrected chi connectivity index (χ0v) is 20.0. The van der Waals surface area contributed by atoms with Crippen molar-refractivity contribution in [2.75, 3.05) is 0 Å². The van der Waals surface area contributed by atoms with E-state index >= 15 is 0 Å². The maximum Gasteiger partial charge on any atom is 0.293 e. The van der Waals surface area contributed by atoms with Crippen LogP contribution in [0.4, 0.5) is 0 Å². The second kappa shape index (κ2) is 10.6. The summed E-state index contributed by atoms with van der Waals surface area (Å²) in [4.78, 5) is 10.6. The topological polar surface area (TPSA) is 26.3 Å². The van der Waals surface area contributed by atoms with Gasteiger partial charge in [-0.3, -0.25) is 4.79 Å². The number of hydrogen-bond donors (Lipinski definition) is 0. The number of ether oxygens (including phenoxy) is 1. The molecule has 0 atom stereocenters. The third-order valence-corrected chi connectivity index (χ3v) is 6.91. The van der Waals surface area contributed by atoms with E-state index in [0.29, 0.717) is 11.9 Å². The Balaban J connectivity index is 1.81. The Morgan fingerprint density at radius 2 is 1.59 bits per heavy atom. The van der Waals surface area contributed by atoms with E-state index in [1.54, 1.807) is 11.1 Å². The second-order valence-corrected chi connectivity index (χ2v) is 10.7. The van der Waals surface area contributed by atoms with Crippen LogP contribution >= 0.6 is 0 Å². The van der Waals surface area contributed by atoms with Crippen LogP contribution in [0.15, 0.2) is 6.07 Å². The van der Waals surface area contributed by atoms with Crippen molar-refractivity contribution in [2.45, 2.75) is 124 Å². The normalized spacial score (nSPS) is 15.4. The lowest BCUT2D eigenvalue weighted by Crippen LogP contribution is -2.12. The number of carbonyl (C=O) groups is 1. The fourth-order valence-electron chi connectivity index (χ4n) is 4.57. The van der Waals surface area contributed by atoms with E-state index in [0.717, 1.165) is 19.3 Å². The van der Waals surface area contributed by atoms with Crippen molar-refractivity contribution in [1.29, 1.82) is 0 Å². The van der Waals surface area contributed by atoms with Crippen LogP contribution in [0.25, 0.3) is 0 Å². The van der Waals surface area contributed by atoms with Crippen LogP contribution in [0.2, 0.25) is 0 Å². The summed E-state index contributed by atoms with van der Waals surface area (Å²) in [5.74, 6) is 0. The Morgan fingerprint density at radius 1 is 0.931 bits per heavy atom. The molecular weight excluding hydrogens is 356 g/mol. The lowest BCUT2D eigenvalue weighted by Gasteiger charge is -2.19. The molecule has 1 aromatic rings. The molecule has 0 heterocycles. The van der Waals surface area contributed by atoms with Crippen LogP contribution < -0.4 is 0 Å². The molecule has 1 fully saturated rings. The van der Waals surface area contributed by atoms with E-state index in [9.17, 15) is 4.79 Å².